The highest BCUT2D eigenvalue weighted by atomic mass is 16.2. The summed E-state index contributed by atoms with van der Waals surface area (Å²) in [5.41, 5.74) is 1.35. The van der Waals surface area contributed by atoms with Crippen LogP contribution in [0.25, 0.3) is 0 Å². The number of hydrogen-bond donors (Lipinski definition) is 2. The third-order valence-corrected chi connectivity index (χ3v) is 5.22. The van der Waals surface area contributed by atoms with Crippen molar-refractivity contribution in [2.45, 2.75) is 32.4 Å². The number of carbonyl (C=O) groups excluding carboxylic acids is 2. The molecule has 2 atom stereocenters. The molecule has 8 heteroatoms. The van der Waals surface area contributed by atoms with Crippen molar-refractivity contribution >= 4 is 29.0 Å². The Morgan fingerprint density at radius 2 is 1.86 bits per heavy atom. The Hall–Kier alpha value is -3.00. The van der Waals surface area contributed by atoms with E-state index in [9.17, 15) is 9.59 Å². The van der Waals surface area contributed by atoms with E-state index in [-0.39, 0.29) is 11.8 Å². The third kappa shape index (κ3) is 3.96. The molecule has 0 saturated carbocycles. The Balaban J connectivity index is 1.33. The maximum absolute atomic E-state index is 12.5. The second-order valence-corrected chi connectivity index (χ2v) is 7.39. The molecule has 1 aromatic carbocycles. The number of carbonyl (C=O) groups is 2. The maximum Gasteiger partial charge on any atom is 0.238 e. The van der Waals surface area contributed by atoms with Crippen LogP contribution in [0.5, 0.6) is 0 Å². The summed E-state index contributed by atoms with van der Waals surface area (Å²) in [4.78, 5) is 36.9. The normalized spacial score (nSPS) is 21.0. The minimum atomic E-state index is -0.139. The summed E-state index contributed by atoms with van der Waals surface area (Å²) in [5.74, 6) is 1.55. The van der Waals surface area contributed by atoms with Gasteiger partial charge in [0.1, 0.15) is 11.6 Å². The van der Waals surface area contributed by atoms with Gasteiger partial charge >= 0.3 is 0 Å². The first-order valence-electron chi connectivity index (χ1n) is 9.46. The van der Waals surface area contributed by atoms with Crippen LogP contribution in [-0.2, 0) is 9.59 Å². The molecule has 2 bridgehead atoms. The van der Waals surface area contributed by atoms with Gasteiger partial charge in [0.15, 0.2) is 0 Å². The van der Waals surface area contributed by atoms with E-state index in [4.69, 9.17) is 0 Å². The van der Waals surface area contributed by atoms with Gasteiger partial charge in [-0.3, -0.25) is 14.5 Å². The lowest BCUT2D eigenvalue weighted by atomic mass is 9.87. The summed E-state index contributed by atoms with van der Waals surface area (Å²) < 4.78 is 0. The molecule has 3 aliphatic heterocycles. The first-order valence-corrected chi connectivity index (χ1v) is 9.46. The van der Waals surface area contributed by atoms with Crippen molar-refractivity contribution in [1.82, 2.24) is 14.9 Å². The number of piperazine rings is 1. The minimum Gasteiger partial charge on any atom is -0.353 e. The summed E-state index contributed by atoms with van der Waals surface area (Å²) in [7, 11) is 0. The summed E-state index contributed by atoms with van der Waals surface area (Å²) in [6.07, 6.45) is 2.91. The van der Waals surface area contributed by atoms with Crippen molar-refractivity contribution in [1.29, 1.82) is 0 Å². The fourth-order valence-corrected chi connectivity index (χ4v) is 4.00. The molecule has 2 amide bonds. The predicted octanol–water partition coefficient (Wildman–Crippen LogP) is 1.65. The Morgan fingerprint density at radius 3 is 2.54 bits per heavy atom. The highest BCUT2D eigenvalue weighted by Crippen LogP contribution is 2.33. The molecule has 8 nitrogen and oxygen atoms in total. The van der Waals surface area contributed by atoms with E-state index in [0.717, 1.165) is 31.2 Å². The lowest BCUT2D eigenvalue weighted by Gasteiger charge is -2.56. The monoisotopic (exact) mass is 380 g/mol. The fraction of sp³-hybridized carbons (Fsp3) is 0.400. The van der Waals surface area contributed by atoms with E-state index >= 15 is 0 Å². The number of hydrogen-bond acceptors (Lipinski definition) is 6. The molecular weight excluding hydrogens is 356 g/mol. The number of anilines is 3. The number of aryl methyl sites for hydroxylation is 1. The molecule has 0 aliphatic carbocycles. The standard InChI is InChI=1S/C20H24N6O2/c1-13-21-7-6-19(22-13)25-10-17-9-18(11-25)26(17)12-20(28)24-16-5-3-4-15(8-16)23-14(2)27/h3-8,17-18H,9-12H2,1-2H3,(H,23,27)(H,24,28). The van der Waals surface area contributed by atoms with E-state index in [1.54, 1.807) is 24.4 Å². The van der Waals surface area contributed by atoms with Crippen molar-refractivity contribution in [3.8, 4) is 0 Å². The Bertz CT molecular complexity index is 890. The quantitative estimate of drug-likeness (QED) is 0.820. The molecule has 3 aliphatic rings. The van der Waals surface area contributed by atoms with Crippen molar-refractivity contribution in [2.75, 3.05) is 35.2 Å². The average Bonchev–Trinajstić information content (AvgIpc) is 2.66. The van der Waals surface area contributed by atoms with E-state index in [2.05, 4.69) is 30.4 Å². The predicted molar refractivity (Wildman–Crippen MR) is 107 cm³/mol. The molecule has 146 valence electrons. The molecule has 3 fully saturated rings. The number of piperidine rings is 1. The topological polar surface area (TPSA) is 90.5 Å². The largest absolute Gasteiger partial charge is 0.353 e. The van der Waals surface area contributed by atoms with Crippen LogP contribution in [0, 0.1) is 6.92 Å². The van der Waals surface area contributed by atoms with E-state index in [1.165, 1.54) is 6.92 Å². The second kappa shape index (κ2) is 7.55. The lowest BCUT2D eigenvalue weighted by molar-refractivity contribution is -0.121. The fourth-order valence-electron chi connectivity index (χ4n) is 4.00. The van der Waals surface area contributed by atoms with Crippen molar-refractivity contribution in [2.24, 2.45) is 0 Å². The molecule has 0 radical (unpaired) electrons. The van der Waals surface area contributed by atoms with Gasteiger partial charge in [0.25, 0.3) is 0 Å². The van der Waals surface area contributed by atoms with Crippen LogP contribution in [-0.4, -0.2) is 58.4 Å². The molecular formula is C20H24N6O2. The number of nitrogens with one attached hydrogen (secondary N) is 2. The van der Waals surface area contributed by atoms with Crippen LogP contribution in [0.1, 0.15) is 19.2 Å². The van der Waals surface area contributed by atoms with Crippen LogP contribution in [0.3, 0.4) is 0 Å². The number of aromatic nitrogens is 2. The highest BCUT2D eigenvalue weighted by Gasteiger charge is 2.45. The first kappa shape index (κ1) is 18.4. The molecule has 3 saturated heterocycles. The maximum atomic E-state index is 12.5. The van der Waals surface area contributed by atoms with Crippen LogP contribution < -0.4 is 15.5 Å². The van der Waals surface area contributed by atoms with Gasteiger partial charge in [-0.2, -0.15) is 0 Å². The smallest absolute Gasteiger partial charge is 0.238 e. The van der Waals surface area contributed by atoms with Gasteiger partial charge in [-0.05, 0) is 37.6 Å². The van der Waals surface area contributed by atoms with Gasteiger partial charge in [0.05, 0.1) is 6.54 Å². The molecule has 5 rings (SSSR count). The van der Waals surface area contributed by atoms with Gasteiger partial charge < -0.3 is 15.5 Å². The average molecular weight is 380 g/mol. The molecule has 2 aromatic rings. The van der Waals surface area contributed by atoms with Crippen molar-refractivity contribution < 1.29 is 9.59 Å². The zero-order chi connectivity index (χ0) is 19.7. The van der Waals surface area contributed by atoms with Crippen LogP contribution in [0.4, 0.5) is 17.2 Å². The number of nitrogens with zero attached hydrogens (tertiary/aromatic N) is 4. The Labute approximate surface area is 164 Å². The summed E-state index contributed by atoms with van der Waals surface area (Å²) in [5, 5.41) is 5.65. The number of rotatable bonds is 5. The third-order valence-electron chi connectivity index (χ3n) is 5.22. The zero-order valence-corrected chi connectivity index (χ0v) is 16.1. The molecule has 28 heavy (non-hydrogen) atoms. The molecule has 2 N–H and O–H groups in total. The van der Waals surface area contributed by atoms with Gasteiger partial charge in [0, 0.05) is 49.7 Å². The number of benzene rings is 1. The van der Waals surface area contributed by atoms with Crippen LogP contribution in [0.2, 0.25) is 0 Å². The van der Waals surface area contributed by atoms with Gasteiger partial charge in [-0.1, -0.05) is 6.07 Å². The first-order chi connectivity index (χ1) is 13.5. The van der Waals surface area contributed by atoms with Crippen molar-refractivity contribution in [3.05, 3.63) is 42.4 Å². The summed E-state index contributed by atoms with van der Waals surface area (Å²) in [6.45, 7) is 5.47. The molecule has 2 unspecified atom stereocenters. The van der Waals surface area contributed by atoms with Gasteiger partial charge in [-0.25, -0.2) is 9.97 Å². The van der Waals surface area contributed by atoms with Crippen LogP contribution >= 0.6 is 0 Å². The molecule has 0 spiro atoms. The zero-order valence-electron chi connectivity index (χ0n) is 16.1. The Morgan fingerprint density at radius 1 is 1.14 bits per heavy atom. The summed E-state index contributed by atoms with van der Waals surface area (Å²) >= 11 is 0. The number of amides is 2. The van der Waals surface area contributed by atoms with Gasteiger partial charge in [0.2, 0.25) is 11.8 Å². The van der Waals surface area contributed by atoms with E-state index in [1.807, 2.05) is 19.1 Å². The van der Waals surface area contributed by atoms with E-state index in [0.29, 0.717) is 30.0 Å². The summed E-state index contributed by atoms with van der Waals surface area (Å²) in [6, 6.07) is 9.85. The number of fused-ring (bicyclic) bond motifs is 2. The lowest BCUT2D eigenvalue weighted by Crippen LogP contribution is -2.69. The highest BCUT2D eigenvalue weighted by molar-refractivity contribution is 5.94. The van der Waals surface area contributed by atoms with E-state index < -0.39 is 0 Å². The van der Waals surface area contributed by atoms with Gasteiger partial charge in [-0.15, -0.1) is 0 Å². The SMILES string of the molecule is CC(=O)Nc1cccc(NC(=O)CN2C3CC2CN(c2ccnc(C)n2)C3)c1. The minimum absolute atomic E-state index is 0.0407. The van der Waals surface area contributed by atoms with Crippen LogP contribution in [0.15, 0.2) is 36.5 Å². The molecule has 1 aromatic heterocycles. The van der Waals surface area contributed by atoms with Crippen molar-refractivity contribution in [3.63, 3.8) is 0 Å². The second-order valence-electron chi connectivity index (χ2n) is 7.39. The molecule has 4 heterocycles. The Kier molecular flexibility index (Phi) is 4.95.